The fraction of sp³-hybridized carbons (Fsp3) is 0.0833. The highest BCUT2D eigenvalue weighted by atomic mass is 35.5. The van der Waals surface area contributed by atoms with E-state index in [1.165, 1.54) is 0 Å². The minimum atomic E-state index is 0.564. The highest BCUT2D eigenvalue weighted by Crippen LogP contribution is 2.32. The molecule has 0 aliphatic carbocycles. The van der Waals surface area contributed by atoms with Gasteiger partial charge in [-0.25, -0.2) is 4.98 Å². The van der Waals surface area contributed by atoms with Gasteiger partial charge in [0.05, 0.1) is 15.7 Å². The average molecular weight is 268 g/mol. The standard InChI is InChI=1S/C12H11Cl2N3/c1-15-10-6-3-7-11(16-10)17-12-8(13)4-2-5-9(12)14/h2-7H,1H3,(H2,15,16,17). The van der Waals surface area contributed by atoms with E-state index in [4.69, 9.17) is 23.2 Å². The Kier molecular flexibility index (Phi) is 3.71. The van der Waals surface area contributed by atoms with E-state index in [1.54, 1.807) is 18.2 Å². The molecule has 0 spiro atoms. The molecule has 2 aromatic rings. The third kappa shape index (κ3) is 2.81. The van der Waals surface area contributed by atoms with Crippen molar-refractivity contribution in [3.63, 3.8) is 0 Å². The van der Waals surface area contributed by atoms with E-state index in [2.05, 4.69) is 15.6 Å². The number of nitrogens with one attached hydrogen (secondary N) is 2. The Morgan fingerprint density at radius 2 is 1.53 bits per heavy atom. The minimum Gasteiger partial charge on any atom is -0.373 e. The number of halogens is 2. The molecule has 1 aromatic heterocycles. The molecule has 3 nitrogen and oxygen atoms in total. The Morgan fingerprint density at radius 3 is 2.18 bits per heavy atom. The van der Waals surface area contributed by atoms with Crippen molar-refractivity contribution in [2.45, 2.75) is 0 Å². The second-order valence-corrected chi connectivity index (χ2v) is 4.19. The second kappa shape index (κ2) is 5.25. The zero-order valence-electron chi connectivity index (χ0n) is 9.17. The van der Waals surface area contributed by atoms with Crippen molar-refractivity contribution in [2.24, 2.45) is 0 Å². The smallest absolute Gasteiger partial charge is 0.132 e. The molecule has 0 radical (unpaired) electrons. The number of para-hydroxylation sites is 1. The lowest BCUT2D eigenvalue weighted by molar-refractivity contribution is 1.28. The Morgan fingerprint density at radius 1 is 0.941 bits per heavy atom. The zero-order chi connectivity index (χ0) is 12.3. The van der Waals surface area contributed by atoms with Crippen LogP contribution in [0.1, 0.15) is 0 Å². The van der Waals surface area contributed by atoms with Crippen LogP contribution < -0.4 is 10.6 Å². The van der Waals surface area contributed by atoms with Gasteiger partial charge in [-0.1, -0.05) is 35.3 Å². The van der Waals surface area contributed by atoms with Gasteiger partial charge in [0.2, 0.25) is 0 Å². The maximum atomic E-state index is 6.06. The number of hydrogen-bond donors (Lipinski definition) is 2. The maximum absolute atomic E-state index is 6.06. The number of anilines is 3. The number of rotatable bonds is 3. The third-order valence-electron chi connectivity index (χ3n) is 2.22. The summed E-state index contributed by atoms with van der Waals surface area (Å²) in [6, 6.07) is 11.0. The SMILES string of the molecule is CNc1cccc(Nc2c(Cl)cccc2Cl)n1. The Bertz CT molecular complexity index is 509. The van der Waals surface area contributed by atoms with Gasteiger partial charge in [0.15, 0.2) is 0 Å². The molecule has 0 unspecified atom stereocenters. The fourth-order valence-corrected chi connectivity index (χ4v) is 1.88. The number of pyridine rings is 1. The van der Waals surface area contributed by atoms with E-state index in [0.29, 0.717) is 21.6 Å². The van der Waals surface area contributed by atoms with Crippen molar-refractivity contribution in [3.05, 3.63) is 46.4 Å². The summed E-state index contributed by atoms with van der Waals surface area (Å²) >= 11 is 12.1. The lowest BCUT2D eigenvalue weighted by Crippen LogP contribution is -1.98. The molecule has 1 aromatic carbocycles. The Labute approximate surface area is 110 Å². The molecule has 0 bridgehead atoms. The molecule has 0 aliphatic rings. The van der Waals surface area contributed by atoms with Crippen LogP contribution in [0.3, 0.4) is 0 Å². The lowest BCUT2D eigenvalue weighted by Gasteiger charge is -2.10. The summed E-state index contributed by atoms with van der Waals surface area (Å²) < 4.78 is 0. The molecular weight excluding hydrogens is 257 g/mol. The van der Waals surface area contributed by atoms with Crippen LogP contribution in [0.4, 0.5) is 17.3 Å². The van der Waals surface area contributed by atoms with Crippen LogP contribution >= 0.6 is 23.2 Å². The molecule has 0 aliphatic heterocycles. The second-order valence-electron chi connectivity index (χ2n) is 3.38. The van der Waals surface area contributed by atoms with Crippen LogP contribution in [-0.2, 0) is 0 Å². The summed E-state index contributed by atoms with van der Waals surface area (Å²) in [5.41, 5.74) is 0.664. The van der Waals surface area contributed by atoms with Crippen molar-refractivity contribution in [3.8, 4) is 0 Å². The quantitative estimate of drug-likeness (QED) is 0.877. The summed E-state index contributed by atoms with van der Waals surface area (Å²) in [6.45, 7) is 0. The first-order valence-electron chi connectivity index (χ1n) is 5.06. The molecule has 0 saturated heterocycles. The maximum Gasteiger partial charge on any atom is 0.132 e. The van der Waals surface area contributed by atoms with Gasteiger partial charge in [-0.05, 0) is 24.3 Å². The van der Waals surface area contributed by atoms with Gasteiger partial charge in [0.1, 0.15) is 11.6 Å². The van der Waals surface area contributed by atoms with E-state index < -0.39 is 0 Å². The normalized spacial score (nSPS) is 10.1. The van der Waals surface area contributed by atoms with Gasteiger partial charge in [-0.3, -0.25) is 0 Å². The van der Waals surface area contributed by atoms with Gasteiger partial charge < -0.3 is 10.6 Å². The number of aromatic nitrogens is 1. The number of benzene rings is 1. The molecule has 0 fully saturated rings. The number of hydrogen-bond acceptors (Lipinski definition) is 3. The minimum absolute atomic E-state index is 0.564. The average Bonchev–Trinajstić information content (AvgIpc) is 2.34. The molecular formula is C12H11Cl2N3. The molecule has 0 saturated carbocycles. The molecule has 2 rings (SSSR count). The summed E-state index contributed by atoms with van der Waals surface area (Å²) in [7, 11) is 1.81. The van der Waals surface area contributed by atoms with Crippen molar-refractivity contribution in [1.29, 1.82) is 0 Å². The third-order valence-corrected chi connectivity index (χ3v) is 2.85. The monoisotopic (exact) mass is 267 g/mol. The van der Waals surface area contributed by atoms with Crippen LogP contribution in [0.5, 0.6) is 0 Å². The predicted octanol–water partition coefficient (Wildman–Crippen LogP) is 4.17. The van der Waals surface area contributed by atoms with Crippen LogP contribution in [-0.4, -0.2) is 12.0 Å². The summed E-state index contributed by atoms with van der Waals surface area (Å²) in [5, 5.41) is 7.19. The predicted molar refractivity (Wildman–Crippen MR) is 73.5 cm³/mol. The molecule has 0 atom stereocenters. The Hall–Kier alpha value is -1.45. The van der Waals surface area contributed by atoms with Crippen molar-refractivity contribution >= 4 is 40.5 Å². The largest absolute Gasteiger partial charge is 0.373 e. The van der Waals surface area contributed by atoms with E-state index in [9.17, 15) is 0 Å². The Balaban J connectivity index is 2.31. The van der Waals surface area contributed by atoms with Crippen LogP contribution in [0, 0.1) is 0 Å². The molecule has 0 amide bonds. The van der Waals surface area contributed by atoms with Crippen molar-refractivity contribution in [1.82, 2.24) is 4.98 Å². The summed E-state index contributed by atoms with van der Waals surface area (Å²) in [4.78, 5) is 4.33. The number of nitrogens with zero attached hydrogens (tertiary/aromatic N) is 1. The molecule has 1 heterocycles. The van der Waals surface area contributed by atoms with E-state index in [0.717, 1.165) is 5.82 Å². The van der Waals surface area contributed by atoms with Crippen molar-refractivity contribution < 1.29 is 0 Å². The first-order chi connectivity index (χ1) is 8.20. The van der Waals surface area contributed by atoms with E-state index in [-0.39, 0.29) is 0 Å². The molecule has 5 heteroatoms. The lowest BCUT2D eigenvalue weighted by atomic mass is 10.3. The summed E-state index contributed by atoms with van der Waals surface area (Å²) in [6.07, 6.45) is 0. The highest BCUT2D eigenvalue weighted by Gasteiger charge is 2.06. The van der Waals surface area contributed by atoms with Crippen LogP contribution in [0.2, 0.25) is 10.0 Å². The zero-order valence-corrected chi connectivity index (χ0v) is 10.7. The van der Waals surface area contributed by atoms with Gasteiger partial charge in [-0.2, -0.15) is 0 Å². The molecule has 88 valence electrons. The van der Waals surface area contributed by atoms with Gasteiger partial charge in [0, 0.05) is 7.05 Å². The van der Waals surface area contributed by atoms with E-state index >= 15 is 0 Å². The van der Waals surface area contributed by atoms with Gasteiger partial charge in [0.25, 0.3) is 0 Å². The molecule has 17 heavy (non-hydrogen) atoms. The highest BCUT2D eigenvalue weighted by molar-refractivity contribution is 6.39. The summed E-state index contributed by atoms with van der Waals surface area (Å²) in [5.74, 6) is 1.46. The molecule has 2 N–H and O–H groups in total. The van der Waals surface area contributed by atoms with Crippen LogP contribution in [0.15, 0.2) is 36.4 Å². The van der Waals surface area contributed by atoms with E-state index in [1.807, 2.05) is 25.2 Å². The topological polar surface area (TPSA) is 37.0 Å². The van der Waals surface area contributed by atoms with Crippen LogP contribution in [0.25, 0.3) is 0 Å². The van der Waals surface area contributed by atoms with Gasteiger partial charge >= 0.3 is 0 Å². The van der Waals surface area contributed by atoms with Crippen molar-refractivity contribution in [2.75, 3.05) is 17.7 Å². The van der Waals surface area contributed by atoms with Gasteiger partial charge in [-0.15, -0.1) is 0 Å². The fourth-order valence-electron chi connectivity index (χ4n) is 1.39. The first-order valence-corrected chi connectivity index (χ1v) is 5.82. The first kappa shape index (κ1) is 12.0.